The number of hydrogen-bond acceptors (Lipinski definition) is 5. The quantitative estimate of drug-likeness (QED) is 0.742. The lowest BCUT2D eigenvalue weighted by Crippen LogP contribution is -2.07. The number of aromatic nitrogens is 2. The van der Waals surface area contributed by atoms with Crippen molar-refractivity contribution in [1.82, 2.24) is 15.1 Å². The second-order valence-corrected chi connectivity index (χ2v) is 3.94. The molecule has 0 saturated carbocycles. The molecule has 0 fully saturated rings. The Morgan fingerprint density at radius 1 is 1.27 bits per heavy atom. The van der Waals surface area contributed by atoms with Crippen molar-refractivity contribution in [3.63, 3.8) is 0 Å². The van der Waals surface area contributed by atoms with Crippen molar-refractivity contribution in [3.05, 3.63) is 41.8 Å². The van der Waals surface area contributed by atoms with E-state index in [4.69, 9.17) is 4.52 Å². The fourth-order valence-electron chi connectivity index (χ4n) is 1.40. The molecule has 0 atom stereocenters. The predicted octanol–water partition coefficient (Wildman–Crippen LogP) is 2.18. The number of nitrogens with one attached hydrogen (secondary N) is 1. The van der Waals surface area contributed by atoms with Gasteiger partial charge in [0, 0.05) is 10.2 Å². The molecule has 3 rings (SSSR count). The lowest BCUT2D eigenvalue weighted by atomic mass is 10.1. The van der Waals surface area contributed by atoms with E-state index in [1.807, 2.05) is 18.2 Å². The summed E-state index contributed by atoms with van der Waals surface area (Å²) >= 11 is 1.57. The summed E-state index contributed by atoms with van der Waals surface area (Å²) in [5.74, 6) is 0. The summed E-state index contributed by atoms with van der Waals surface area (Å²) in [6, 6.07) is 8.17. The molecule has 1 aromatic carbocycles. The Kier molecular flexibility index (Phi) is 1.96. The Morgan fingerprint density at radius 3 is 3.07 bits per heavy atom. The molecule has 0 spiro atoms. The van der Waals surface area contributed by atoms with Gasteiger partial charge in [0.05, 0.1) is 5.70 Å². The van der Waals surface area contributed by atoms with Crippen molar-refractivity contribution in [2.24, 2.45) is 0 Å². The van der Waals surface area contributed by atoms with E-state index in [-0.39, 0.29) is 0 Å². The molecule has 0 radical (unpaired) electrons. The Hall–Kier alpha value is -1.75. The summed E-state index contributed by atoms with van der Waals surface area (Å²) in [5.41, 5.74) is 2.82. The highest BCUT2D eigenvalue weighted by atomic mass is 32.2. The average molecular weight is 217 g/mol. The van der Waals surface area contributed by atoms with E-state index in [1.165, 1.54) is 16.7 Å². The summed E-state index contributed by atoms with van der Waals surface area (Å²) in [4.78, 5) is 1.21. The SMILES string of the molecule is C1=C(c2conn2)NSc2ccccc21. The van der Waals surface area contributed by atoms with Gasteiger partial charge in [0.25, 0.3) is 0 Å². The first-order valence-corrected chi connectivity index (χ1v) is 5.26. The standard InChI is InChI=1S/C10H7N3OS/c1-2-4-10-7(3-1)5-8(12-15-10)9-6-14-13-11-9/h1-6,12H. The van der Waals surface area contributed by atoms with Crippen LogP contribution in [0.5, 0.6) is 0 Å². The van der Waals surface area contributed by atoms with Crippen LogP contribution in [0, 0.1) is 0 Å². The molecule has 0 aliphatic carbocycles. The molecular weight excluding hydrogens is 210 g/mol. The highest BCUT2D eigenvalue weighted by Gasteiger charge is 2.13. The summed E-state index contributed by atoms with van der Waals surface area (Å²) in [6.07, 6.45) is 3.55. The van der Waals surface area contributed by atoms with Crippen molar-refractivity contribution in [1.29, 1.82) is 0 Å². The van der Waals surface area contributed by atoms with Crippen LogP contribution in [0.25, 0.3) is 11.8 Å². The van der Waals surface area contributed by atoms with Gasteiger partial charge in [0.15, 0.2) is 12.0 Å². The van der Waals surface area contributed by atoms with Crippen LogP contribution in [-0.4, -0.2) is 10.4 Å². The van der Waals surface area contributed by atoms with Gasteiger partial charge in [-0.25, -0.2) is 0 Å². The molecule has 0 amide bonds. The summed E-state index contributed by atoms with van der Waals surface area (Å²) < 4.78 is 7.90. The van der Waals surface area contributed by atoms with E-state index < -0.39 is 0 Å². The van der Waals surface area contributed by atoms with Crippen LogP contribution < -0.4 is 4.72 Å². The van der Waals surface area contributed by atoms with Crippen LogP contribution in [-0.2, 0) is 0 Å². The molecule has 2 heterocycles. The molecule has 2 aromatic rings. The zero-order chi connectivity index (χ0) is 10.1. The summed E-state index contributed by atoms with van der Waals surface area (Å²) in [5, 5.41) is 7.29. The minimum atomic E-state index is 0.719. The van der Waals surface area contributed by atoms with Crippen LogP contribution in [0.15, 0.2) is 39.9 Å². The molecule has 1 aliphatic rings. The number of benzene rings is 1. The van der Waals surface area contributed by atoms with Gasteiger partial charge >= 0.3 is 0 Å². The maximum absolute atomic E-state index is 4.70. The summed E-state index contributed by atoms with van der Waals surface area (Å²) in [7, 11) is 0. The van der Waals surface area contributed by atoms with Gasteiger partial charge in [0.2, 0.25) is 0 Å². The molecule has 0 saturated heterocycles. The van der Waals surface area contributed by atoms with Gasteiger partial charge < -0.3 is 9.25 Å². The largest absolute Gasteiger partial charge is 0.345 e. The summed E-state index contributed by atoms with van der Waals surface area (Å²) in [6.45, 7) is 0. The average Bonchev–Trinajstić information content (AvgIpc) is 2.82. The second kappa shape index (κ2) is 3.43. The van der Waals surface area contributed by atoms with Gasteiger partial charge in [-0.3, -0.25) is 0 Å². The number of fused-ring (bicyclic) bond motifs is 1. The van der Waals surface area contributed by atoms with E-state index >= 15 is 0 Å². The van der Waals surface area contributed by atoms with E-state index in [1.54, 1.807) is 11.9 Å². The lowest BCUT2D eigenvalue weighted by Gasteiger charge is -2.15. The molecular formula is C10H7N3OS. The van der Waals surface area contributed by atoms with Gasteiger partial charge in [-0.2, -0.15) is 0 Å². The first-order chi connectivity index (χ1) is 7.43. The predicted molar refractivity (Wildman–Crippen MR) is 57.6 cm³/mol. The van der Waals surface area contributed by atoms with E-state index in [0.29, 0.717) is 0 Å². The molecule has 4 nitrogen and oxygen atoms in total. The van der Waals surface area contributed by atoms with E-state index in [0.717, 1.165) is 11.4 Å². The van der Waals surface area contributed by atoms with Crippen molar-refractivity contribution in [2.45, 2.75) is 4.90 Å². The Bertz CT molecular complexity index is 507. The second-order valence-electron chi connectivity index (χ2n) is 3.09. The monoisotopic (exact) mass is 217 g/mol. The maximum Gasteiger partial charge on any atom is 0.153 e. The number of nitrogens with zero attached hydrogens (tertiary/aromatic N) is 2. The highest BCUT2D eigenvalue weighted by molar-refractivity contribution is 7.97. The van der Waals surface area contributed by atoms with E-state index in [9.17, 15) is 0 Å². The molecule has 5 heteroatoms. The maximum atomic E-state index is 4.70. The van der Waals surface area contributed by atoms with Crippen molar-refractivity contribution in [2.75, 3.05) is 0 Å². The lowest BCUT2D eigenvalue weighted by molar-refractivity contribution is 0.393. The number of rotatable bonds is 1. The van der Waals surface area contributed by atoms with Crippen molar-refractivity contribution in [3.8, 4) is 0 Å². The zero-order valence-electron chi connectivity index (χ0n) is 7.68. The van der Waals surface area contributed by atoms with Gasteiger partial charge in [0.1, 0.15) is 0 Å². The third-order valence-corrected chi connectivity index (χ3v) is 3.04. The normalized spacial score (nSPS) is 14.0. The highest BCUT2D eigenvalue weighted by Crippen LogP contribution is 2.30. The molecule has 74 valence electrons. The van der Waals surface area contributed by atoms with Crippen LogP contribution in [0.2, 0.25) is 0 Å². The zero-order valence-corrected chi connectivity index (χ0v) is 8.49. The Balaban J connectivity index is 2.06. The fraction of sp³-hybridized carbons (Fsp3) is 0. The third kappa shape index (κ3) is 1.50. The van der Waals surface area contributed by atoms with Gasteiger partial charge in [-0.1, -0.05) is 18.2 Å². The van der Waals surface area contributed by atoms with Crippen molar-refractivity contribution >= 4 is 23.7 Å². The van der Waals surface area contributed by atoms with E-state index in [2.05, 4.69) is 27.2 Å². The van der Waals surface area contributed by atoms with Crippen LogP contribution in [0.3, 0.4) is 0 Å². The fourth-order valence-corrected chi connectivity index (χ4v) is 2.17. The first-order valence-electron chi connectivity index (χ1n) is 4.44. The molecule has 1 aromatic heterocycles. The van der Waals surface area contributed by atoms with Gasteiger partial charge in [-0.15, -0.1) is 5.10 Å². The van der Waals surface area contributed by atoms with Crippen LogP contribution in [0.4, 0.5) is 0 Å². The van der Waals surface area contributed by atoms with Gasteiger partial charge in [-0.05, 0) is 29.7 Å². The molecule has 15 heavy (non-hydrogen) atoms. The molecule has 0 unspecified atom stereocenters. The van der Waals surface area contributed by atoms with Crippen LogP contribution >= 0.6 is 11.9 Å². The molecule has 1 N–H and O–H groups in total. The molecule has 1 aliphatic heterocycles. The topological polar surface area (TPSA) is 51.0 Å². The first kappa shape index (κ1) is 8.55. The number of hydrogen-bond donors (Lipinski definition) is 1. The van der Waals surface area contributed by atoms with Crippen LogP contribution in [0.1, 0.15) is 11.3 Å². The Morgan fingerprint density at radius 2 is 2.20 bits per heavy atom. The third-order valence-electron chi connectivity index (χ3n) is 2.13. The minimum absolute atomic E-state index is 0.719. The molecule has 0 bridgehead atoms. The van der Waals surface area contributed by atoms with Crippen molar-refractivity contribution < 1.29 is 4.52 Å². The minimum Gasteiger partial charge on any atom is -0.345 e. The smallest absolute Gasteiger partial charge is 0.153 e. The Labute approximate surface area is 90.5 Å².